The zero-order chi connectivity index (χ0) is 32.7. The predicted octanol–water partition coefficient (Wildman–Crippen LogP) is 3.52. The van der Waals surface area contributed by atoms with Crippen molar-refractivity contribution < 1.29 is 30.5 Å². The molecule has 10 nitrogen and oxygen atoms in total. The van der Waals surface area contributed by atoms with Gasteiger partial charge in [0.2, 0.25) is 0 Å². The summed E-state index contributed by atoms with van der Waals surface area (Å²) in [6.07, 6.45) is 8.88. The first-order chi connectivity index (χ1) is 20.4. The van der Waals surface area contributed by atoms with Gasteiger partial charge in [-0.3, -0.25) is 9.48 Å². The van der Waals surface area contributed by atoms with Crippen molar-refractivity contribution in [2.45, 2.75) is 117 Å². The monoisotopic (exact) mass is 735 g/mol. The van der Waals surface area contributed by atoms with E-state index in [1.54, 1.807) is 0 Å². The lowest BCUT2D eigenvalue weighted by atomic mass is 9.88. The molecule has 0 N–H and O–H groups in total. The largest absolute Gasteiger partial charge is 0.748 e. The molecule has 0 aromatic heterocycles. The van der Waals surface area contributed by atoms with Crippen molar-refractivity contribution in [2.75, 3.05) is 25.1 Å². The molecule has 0 amide bonds. The van der Waals surface area contributed by atoms with E-state index in [4.69, 9.17) is 46.4 Å². The lowest BCUT2D eigenvalue weighted by Gasteiger charge is -2.39. The Morgan fingerprint density at radius 2 is 1.30 bits per heavy atom. The molecule has 1 saturated heterocycles. The second-order valence-electron chi connectivity index (χ2n) is 12.5. The lowest BCUT2D eigenvalue weighted by Crippen LogP contribution is -2.51. The van der Waals surface area contributed by atoms with E-state index in [9.17, 15) is 25.9 Å². The van der Waals surface area contributed by atoms with Crippen LogP contribution in [0.3, 0.4) is 0 Å². The van der Waals surface area contributed by atoms with Crippen LogP contribution >= 0.6 is 46.4 Å². The minimum absolute atomic E-state index is 0.00233. The Kier molecular flexibility index (Phi) is 11.8. The topological polar surface area (TPSA) is 127 Å². The number of amidine groups is 1. The molecule has 3 fully saturated rings. The molecule has 2 aliphatic heterocycles. The highest BCUT2D eigenvalue weighted by Crippen LogP contribution is 2.43. The van der Waals surface area contributed by atoms with Crippen LogP contribution in [0.5, 0.6) is 0 Å². The van der Waals surface area contributed by atoms with Gasteiger partial charge in [-0.15, -0.1) is 46.4 Å². The van der Waals surface area contributed by atoms with Crippen molar-refractivity contribution in [2.24, 2.45) is 0 Å². The first-order valence-electron chi connectivity index (χ1n) is 15.2. The van der Waals surface area contributed by atoms with Crippen LogP contribution in [0.2, 0.25) is 0 Å². The molecule has 10 atom stereocenters. The average Bonchev–Trinajstić information content (AvgIpc) is 3.36. The van der Waals surface area contributed by atoms with Crippen molar-refractivity contribution in [1.29, 1.82) is 0 Å². The Labute approximate surface area is 282 Å². The molecule has 0 radical (unpaired) electrons. The standard InChI is InChI=1S/C28H44Cl4N4O6S2/c1-5-34-24-14-20(30)22(32)16-26(24)36(18(3)10-12-44(40,41)42)28(34)8-6-7-27-33(4)23-13-19(29)21(31)15-25(23)35(27)17(2)9-11-43(37,38)39/h6-8,17-26H,5,9-16H2,1-4H3,(H-,37,38,39,40,41,42)/p-1. The number of alkyl halides is 4. The van der Waals surface area contributed by atoms with Crippen molar-refractivity contribution in [3.8, 4) is 0 Å². The highest BCUT2D eigenvalue weighted by molar-refractivity contribution is 7.85. The molecule has 2 saturated carbocycles. The van der Waals surface area contributed by atoms with Crippen LogP contribution < -0.4 is 0 Å². The lowest BCUT2D eigenvalue weighted by molar-refractivity contribution is -0.533. The van der Waals surface area contributed by atoms with E-state index in [0.717, 1.165) is 11.7 Å². The van der Waals surface area contributed by atoms with E-state index >= 15 is 0 Å². The predicted molar refractivity (Wildman–Crippen MR) is 174 cm³/mol. The number of nitrogens with zero attached hydrogens (tertiary/aromatic N) is 4. The van der Waals surface area contributed by atoms with E-state index in [0.29, 0.717) is 32.2 Å². The molecule has 10 unspecified atom stereocenters. The molecule has 44 heavy (non-hydrogen) atoms. The molecule has 4 rings (SSSR count). The van der Waals surface area contributed by atoms with Gasteiger partial charge in [0.05, 0.1) is 66.9 Å². The second-order valence-corrected chi connectivity index (χ2v) is 17.8. The molecular formula is C28H43Cl4N4O6S2-. The van der Waals surface area contributed by atoms with Crippen molar-refractivity contribution in [1.82, 2.24) is 14.7 Å². The maximum absolute atomic E-state index is 11.5. The van der Waals surface area contributed by atoms with Gasteiger partial charge in [0, 0.05) is 49.4 Å². The smallest absolute Gasteiger partial charge is 0.272 e. The first-order valence-corrected chi connectivity index (χ1v) is 20.1. The number of hydrogen-bond donors (Lipinski definition) is 0. The number of halogens is 4. The Balaban J connectivity index is 1.69. The SMILES string of the molecule is CCN1C(=CC=CC2=[N+](C)C3CC(Cl)C(Cl)CC3N2C(C)CCS(=O)(=O)[O-])N(C(C)CCS(=O)(=O)[O-])C2CC(Cl)C(Cl)CC21. The van der Waals surface area contributed by atoms with Crippen LogP contribution in [0, 0.1) is 0 Å². The maximum atomic E-state index is 11.5. The van der Waals surface area contributed by atoms with Gasteiger partial charge in [-0.05, 0) is 46.1 Å². The summed E-state index contributed by atoms with van der Waals surface area (Å²) in [5.41, 5.74) is 0. The van der Waals surface area contributed by atoms with Crippen LogP contribution in [-0.2, 0) is 20.2 Å². The highest BCUT2D eigenvalue weighted by Gasteiger charge is 2.53. The van der Waals surface area contributed by atoms with Gasteiger partial charge >= 0.3 is 0 Å². The summed E-state index contributed by atoms with van der Waals surface area (Å²) in [6, 6.07) is -0.322. The summed E-state index contributed by atoms with van der Waals surface area (Å²) in [5.74, 6) is 0.861. The van der Waals surface area contributed by atoms with E-state index in [1.807, 2.05) is 39.1 Å². The minimum atomic E-state index is -4.38. The fourth-order valence-corrected chi connectivity index (χ4v) is 9.92. The summed E-state index contributed by atoms with van der Waals surface area (Å²) in [5, 5.41) is -0.870. The van der Waals surface area contributed by atoms with Gasteiger partial charge in [0.25, 0.3) is 5.84 Å². The Hall–Kier alpha value is -0.470. The van der Waals surface area contributed by atoms with Crippen molar-refractivity contribution in [3.63, 3.8) is 0 Å². The molecular weight excluding hydrogens is 694 g/mol. The molecule has 4 aliphatic rings. The summed E-state index contributed by atoms with van der Waals surface area (Å²) < 4.78 is 71.0. The van der Waals surface area contributed by atoms with Crippen LogP contribution in [0.15, 0.2) is 24.0 Å². The van der Waals surface area contributed by atoms with Crippen LogP contribution in [0.4, 0.5) is 0 Å². The fraction of sp³-hybridized carbons (Fsp3) is 0.821. The molecule has 0 spiro atoms. The van der Waals surface area contributed by atoms with Gasteiger partial charge in [0.1, 0.15) is 17.9 Å². The van der Waals surface area contributed by atoms with Crippen LogP contribution in [0.1, 0.15) is 59.3 Å². The molecule has 0 aromatic rings. The van der Waals surface area contributed by atoms with Gasteiger partial charge in [-0.2, -0.15) is 0 Å². The fourth-order valence-electron chi connectivity index (χ4n) is 7.52. The maximum Gasteiger partial charge on any atom is 0.272 e. The van der Waals surface area contributed by atoms with E-state index < -0.39 is 31.7 Å². The molecule has 0 bridgehead atoms. The normalized spacial score (nSPS) is 35.5. The van der Waals surface area contributed by atoms with Gasteiger partial charge in [-0.1, -0.05) is 6.08 Å². The van der Waals surface area contributed by atoms with Gasteiger partial charge < -0.3 is 18.9 Å². The van der Waals surface area contributed by atoms with E-state index in [-0.39, 0.29) is 70.6 Å². The number of rotatable bonds is 11. The van der Waals surface area contributed by atoms with Crippen LogP contribution in [-0.4, -0.2) is 134 Å². The third-order valence-corrected chi connectivity index (χ3v) is 13.3. The number of hydrogen-bond acceptors (Lipinski definition) is 9. The van der Waals surface area contributed by atoms with E-state index in [2.05, 4.69) is 26.2 Å². The third kappa shape index (κ3) is 8.14. The Morgan fingerprint density at radius 3 is 1.82 bits per heavy atom. The molecule has 252 valence electrons. The quantitative estimate of drug-likeness (QED) is 0.178. The number of allylic oxidation sites excluding steroid dienone is 2. The van der Waals surface area contributed by atoms with Crippen LogP contribution in [0.25, 0.3) is 0 Å². The zero-order valence-corrected chi connectivity index (χ0v) is 30.1. The summed E-state index contributed by atoms with van der Waals surface area (Å²) in [6.45, 7) is 6.60. The molecule has 2 aliphatic carbocycles. The second kappa shape index (κ2) is 14.3. The molecule has 0 aromatic carbocycles. The third-order valence-electron chi connectivity index (χ3n) is 9.69. The minimum Gasteiger partial charge on any atom is -0.748 e. The Bertz CT molecular complexity index is 1360. The number of likely N-dealkylation sites (N-methyl/N-ethyl adjacent to an activating group) is 2. The summed E-state index contributed by atoms with van der Waals surface area (Å²) in [4.78, 5) is 6.64. The van der Waals surface area contributed by atoms with E-state index in [1.165, 1.54) is 0 Å². The Morgan fingerprint density at radius 1 is 0.818 bits per heavy atom. The summed E-state index contributed by atoms with van der Waals surface area (Å²) in [7, 11) is -6.76. The number of fused-ring (bicyclic) bond motifs is 2. The van der Waals surface area contributed by atoms with Crippen molar-refractivity contribution in [3.05, 3.63) is 24.0 Å². The zero-order valence-electron chi connectivity index (χ0n) is 25.4. The first kappa shape index (κ1) is 36.4. The van der Waals surface area contributed by atoms with Gasteiger partial charge in [0.15, 0.2) is 0 Å². The van der Waals surface area contributed by atoms with Crippen molar-refractivity contribution >= 4 is 72.5 Å². The van der Waals surface area contributed by atoms with Gasteiger partial charge in [-0.25, -0.2) is 16.8 Å². The summed E-state index contributed by atoms with van der Waals surface area (Å²) >= 11 is 26.4. The molecule has 2 heterocycles. The molecule has 16 heteroatoms. The average molecular weight is 738 g/mol. The highest BCUT2D eigenvalue weighted by atomic mass is 35.5.